The minimum atomic E-state index is 1.08. The Morgan fingerprint density at radius 1 is 0.944 bits per heavy atom. The number of allylic oxidation sites excluding steroid dienone is 1. The van der Waals surface area contributed by atoms with Gasteiger partial charge in [0, 0.05) is 0 Å². The van der Waals surface area contributed by atoms with Crippen LogP contribution in [0.25, 0.3) is 11.6 Å². The van der Waals surface area contributed by atoms with E-state index in [2.05, 4.69) is 74.2 Å². The van der Waals surface area contributed by atoms with Gasteiger partial charge in [0.05, 0.1) is 0 Å². The van der Waals surface area contributed by atoms with Crippen LogP contribution in [-0.2, 0) is 0 Å². The van der Waals surface area contributed by atoms with E-state index in [4.69, 9.17) is 0 Å². The summed E-state index contributed by atoms with van der Waals surface area (Å²) in [7, 11) is 0. The second-order valence-electron chi connectivity index (χ2n) is 4.38. The Hall–Kier alpha value is -2.08. The van der Waals surface area contributed by atoms with Crippen LogP contribution >= 0.6 is 0 Å². The molecule has 0 saturated heterocycles. The van der Waals surface area contributed by atoms with E-state index < -0.39 is 0 Å². The normalized spacial score (nSPS) is 10.8. The third-order valence-corrected chi connectivity index (χ3v) is 3.10. The smallest absolute Gasteiger partial charge is 0.0111 e. The summed E-state index contributed by atoms with van der Waals surface area (Å²) in [6.07, 6.45) is 4.18. The molecule has 0 aliphatic heterocycles. The van der Waals surface area contributed by atoms with Crippen LogP contribution in [0.3, 0.4) is 0 Å². The molecule has 0 nitrogen and oxygen atoms in total. The highest BCUT2D eigenvalue weighted by molar-refractivity contribution is 5.84. The molecular weight excluding hydrogens is 216 g/mol. The van der Waals surface area contributed by atoms with Crippen LogP contribution in [0.5, 0.6) is 0 Å². The summed E-state index contributed by atoms with van der Waals surface area (Å²) in [5, 5.41) is 0. The fraction of sp³-hybridized carbons (Fsp3) is 0.111. The quantitative estimate of drug-likeness (QED) is 0.694. The van der Waals surface area contributed by atoms with E-state index in [1.165, 1.54) is 22.3 Å². The van der Waals surface area contributed by atoms with Gasteiger partial charge in [-0.05, 0) is 41.7 Å². The van der Waals surface area contributed by atoms with Crippen LogP contribution in [0.1, 0.15) is 29.2 Å². The van der Waals surface area contributed by atoms with Gasteiger partial charge in [0.1, 0.15) is 0 Å². The first-order valence-corrected chi connectivity index (χ1v) is 6.21. The predicted octanol–water partition coefficient (Wildman–Crippen LogP) is 5.09. The van der Waals surface area contributed by atoms with Crippen molar-refractivity contribution in [2.24, 2.45) is 0 Å². The first-order valence-electron chi connectivity index (χ1n) is 6.21. The molecule has 0 heterocycles. The van der Waals surface area contributed by atoms with Crippen molar-refractivity contribution in [1.29, 1.82) is 0 Å². The van der Waals surface area contributed by atoms with Crippen molar-refractivity contribution >= 4 is 11.6 Å². The zero-order valence-electron chi connectivity index (χ0n) is 11.0. The first-order chi connectivity index (χ1) is 8.74. The molecule has 0 bridgehead atoms. The molecule has 0 fully saturated rings. The Kier molecular flexibility index (Phi) is 3.78. The van der Waals surface area contributed by atoms with Crippen molar-refractivity contribution in [1.82, 2.24) is 0 Å². The molecule has 2 aromatic carbocycles. The Labute approximate surface area is 109 Å². The summed E-state index contributed by atoms with van der Waals surface area (Å²) in [5.74, 6) is 0. The van der Waals surface area contributed by atoms with Crippen LogP contribution < -0.4 is 0 Å². The van der Waals surface area contributed by atoms with E-state index in [0.29, 0.717) is 0 Å². The maximum atomic E-state index is 4.27. The first kappa shape index (κ1) is 12.4. The average Bonchev–Trinajstić information content (AvgIpc) is 2.40. The van der Waals surface area contributed by atoms with Crippen molar-refractivity contribution in [2.75, 3.05) is 0 Å². The molecule has 2 aromatic rings. The second-order valence-corrected chi connectivity index (χ2v) is 4.38. The van der Waals surface area contributed by atoms with Gasteiger partial charge in [0.2, 0.25) is 0 Å². The van der Waals surface area contributed by atoms with Crippen LogP contribution in [-0.4, -0.2) is 0 Å². The molecule has 0 unspecified atom stereocenters. The highest BCUT2D eigenvalue weighted by atomic mass is 14.1. The van der Waals surface area contributed by atoms with Gasteiger partial charge in [0.15, 0.2) is 0 Å². The molecule has 0 N–H and O–H groups in total. The van der Waals surface area contributed by atoms with E-state index in [-0.39, 0.29) is 0 Å². The number of hydrogen-bond donors (Lipinski definition) is 0. The lowest BCUT2D eigenvalue weighted by molar-refractivity contribution is 1.41. The molecule has 0 spiro atoms. The van der Waals surface area contributed by atoms with E-state index in [9.17, 15) is 0 Å². The van der Waals surface area contributed by atoms with Gasteiger partial charge >= 0.3 is 0 Å². The molecule has 18 heavy (non-hydrogen) atoms. The molecule has 0 atom stereocenters. The summed E-state index contributed by atoms with van der Waals surface area (Å²) in [6, 6.07) is 16.7. The molecule has 90 valence electrons. The molecule has 0 aliphatic carbocycles. The van der Waals surface area contributed by atoms with Gasteiger partial charge in [-0.15, -0.1) is 0 Å². The molecular formula is C18H18. The zero-order chi connectivity index (χ0) is 13.0. The van der Waals surface area contributed by atoms with Crippen molar-refractivity contribution in [3.05, 3.63) is 83.4 Å². The maximum absolute atomic E-state index is 4.27. The monoisotopic (exact) mass is 234 g/mol. The Balaban J connectivity index is 2.50. The van der Waals surface area contributed by atoms with Crippen molar-refractivity contribution in [3.63, 3.8) is 0 Å². The highest BCUT2D eigenvalue weighted by Gasteiger charge is 2.07. The van der Waals surface area contributed by atoms with Gasteiger partial charge in [-0.2, -0.15) is 0 Å². The van der Waals surface area contributed by atoms with Gasteiger partial charge < -0.3 is 0 Å². The molecule has 0 aliphatic rings. The molecule has 0 amide bonds. The molecule has 0 radical (unpaired) electrons. The Morgan fingerprint density at radius 2 is 1.56 bits per heavy atom. The lowest BCUT2D eigenvalue weighted by Gasteiger charge is -2.12. The van der Waals surface area contributed by atoms with E-state index >= 15 is 0 Å². The summed E-state index contributed by atoms with van der Waals surface area (Å²) in [6.45, 7) is 8.42. The predicted molar refractivity (Wildman–Crippen MR) is 80.5 cm³/mol. The zero-order valence-corrected chi connectivity index (χ0v) is 11.0. The number of aryl methyl sites for hydroxylation is 1. The fourth-order valence-corrected chi connectivity index (χ4v) is 2.15. The second kappa shape index (κ2) is 5.50. The average molecular weight is 234 g/mol. The van der Waals surface area contributed by atoms with Crippen LogP contribution in [0.4, 0.5) is 0 Å². The number of benzene rings is 2. The van der Waals surface area contributed by atoms with Crippen LogP contribution in [0, 0.1) is 6.92 Å². The molecule has 2 rings (SSSR count). The van der Waals surface area contributed by atoms with E-state index in [1.807, 2.05) is 6.92 Å². The minimum Gasteiger partial charge on any atom is -0.0905 e. The third kappa shape index (κ3) is 2.43. The van der Waals surface area contributed by atoms with Gasteiger partial charge in [-0.1, -0.05) is 67.3 Å². The van der Waals surface area contributed by atoms with Gasteiger partial charge in [-0.25, -0.2) is 0 Å². The summed E-state index contributed by atoms with van der Waals surface area (Å²) >= 11 is 0. The SMILES string of the molecule is C=C(c1ccccc1C)c1ccccc1/C=C\C. The van der Waals surface area contributed by atoms with E-state index in [0.717, 1.165) is 5.57 Å². The molecule has 0 heteroatoms. The van der Waals surface area contributed by atoms with Gasteiger partial charge in [0.25, 0.3) is 0 Å². The van der Waals surface area contributed by atoms with Crippen molar-refractivity contribution in [3.8, 4) is 0 Å². The number of rotatable bonds is 3. The standard InChI is InChI=1S/C18H18/c1-4-9-16-11-6-8-13-18(16)15(3)17-12-7-5-10-14(17)2/h4-13H,3H2,1-2H3/b9-4-. The largest absolute Gasteiger partial charge is 0.0905 e. The maximum Gasteiger partial charge on any atom is -0.0111 e. The van der Waals surface area contributed by atoms with Crippen molar-refractivity contribution in [2.45, 2.75) is 13.8 Å². The summed E-state index contributed by atoms with van der Waals surface area (Å²) in [4.78, 5) is 0. The number of hydrogen-bond acceptors (Lipinski definition) is 0. The molecule has 0 aromatic heterocycles. The lowest BCUT2D eigenvalue weighted by Crippen LogP contribution is -1.92. The van der Waals surface area contributed by atoms with Gasteiger partial charge in [-0.3, -0.25) is 0 Å². The third-order valence-electron chi connectivity index (χ3n) is 3.10. The lowest BCUT2D eigenvalue weighted by atomic mass is 9.92. The van der Waals surface area contributed by atoms with E-state index in [1.54, 1.807) is 0 Å². The van der Waals surface area contributed by atoms with Crippen molar-refractivity contribution < 1.29 is 0 Å². The summed E-state index contributed by atoms with van der Waals surface area (Å²) in [5.41, 5.74) is 5.98. The Morgan fingerprint density at radius 3 is 2.22 bits per heavy atom. The molecule has 0 saturated carbocycles. The Bertz CT molecular complexity index is 588. The summed E-state index contributed by atoms with van der Waals surface area (Å²) < 4.78 is 0. The fourth-order valence-electron chi connectivity index (χ4n) is 2.15. The highest BCUT2D eigenvalue weighted by Crippen LogP contribution is 2.27. The van der Waals surface area contributed by atoms with Crippen LogP contribution in [0.15, 0.2) is 61.2 Å². The topological polar surface area (TPSA) is 0 Å². The van der Waals surface area contributed by atoms with Crippen LogP contribution in [0.2, 0.25) is 0 Å². The minimum absolute atomic E-state index is 1.08.